The van der Waals surface area contributed by atoms with Crippen LogP contribution in [-0.2, 0) is 4.79 Å². The summed E-state index contributed by atoms with van der Waals surface area (Å²) in [7, 11) is 0. The van der Waals surface area contributed by atoms with Crippen molar-refractivity contribution in [3.63, 3.8) is 0 Å². The number of thioether (sulfide) groups is 1. The van der Waals surface area contributed by atoms with Gasteiger partial charge in [-0.05, 0) is 36.6 Å². The maximum Gasteiger partial charge on any atom is 0.327 e. The van der Waals surface area contributed by atoms with Gasteiger partial charge in [-0.25, -0.2) is 9.18 Å². The number of aliphatic carboxylic acids is 1. The molecule has 0 aliphatic carbocycles. The summed E-state index contributed by atoms with van der Waals surface area (Å²) in [5.41, 5.74) is 0.874. The van der Waals surface area contributed by atoms with Gasteiger partial charge in [-0.15, -0.1) is 11.8 Å². The molecule has 1 fully saturated rings. The minimum Gasteiger partial charge on any atom is -0.480 e. The van der Waals surface area contributed by atoms with Crippen LogP contribution in [0.1, 0.15) is 29.8 Å². The number of nitrogens with zero attached hydrogens (tertiary/aromatic N) is 1. The molecule has 2 rings (SSSR count). The van der Waals surface area contributed by atoms with Crippen LogP contribution in [0.4, 0.5) is 4.39 Å². The monoisotopic (exact) mass is 311 g/mol. The Hall–Kier alpha value is -1.56. The highest BCUT2D eigenvalue weighted by atomic mass is 32.2. The molecule has 1 aromatic rings. The first-order chi connectivity index (χ1) is 9.82. The molecule has 0 spiro atoms. The molecule has 0 saturated carbocycles. The summed E-state index contributed by atoms with van der Waals surface area (Å²) < 4.78 is 13.2. The molecule has 1 aliphatic rings. The zero-order valence-corrected chi connectivity index (χ0v) is 13.0. The molecule has 114 valence electrons. The molecule has 0 radical (unpaired) electrons. The third-order valence-corrected chi connectivity index (χ3v) is 5.16. The number of aryl methyl sites for hydroxylation is 1. The molecule has 1 aliphatic heterocycles. The van der Waals surface area contributed by atoms with Crippen LogP contribution < -0.4 is 0 Å². The van der Waals surface area contributed by atoms with E-state index in [1.807, 2.05) is 13.8 Å². The van der Waals surface area contributed by atoms with Gasteiger partial charge in [0.25, 0.3) is 5.91 Å². The first-order valence-electron chi connectivity index (χ1n) is 6.76. The van der Waals surface area contributed by atoms with Crippen molar-refractivity contribution in [3.8, 4) is 0 Å². The molecule has 1 aromatic carbocycles. The van der Waals surface area contributed by atoms with Gasteiger partial charge in [-0.3, -0.25) is 4.79 Å². The fourth-order valence-corrected chi connectivity index (χ4v) is 3.97. The topological polar surface area (TPSA) is 57.6 Å². The molecule has 1 saturated heterocycles. The van der Waals surface area contributed by atoms with Crippen molar-refractivity contribution in [2.24, 2.45) is 5.92 Å². The fraction of sp³-hybridized carbons (Fsp3) is 0.467. The van der Waals surface area contributed by atoms with Crippen molar-refractivity contribution in [1.29, 1.82) is 0 Å². The van der Waals surface area contributed by atoms with E-state index in [1.165, 1.54) is 34.9 Å². The number of carbonyl (C=O) groups excluding carboxylic acids is 1. The highest BCUT2D eigenvalue weighted by molar-refractivity contribution is 8.00. The summed E-state index contributed by atoms with van der Waals surface area (Å²) >= 11 is 1.48. The van der Waals surface area contributed by atoms with Gasteiger partial charge in [-0.2, -0.15) is 0 Å². The van der Waals surface area contributed by atoms with Crippen LogP contribution in [0.25, 0.3) is 0 Å². The fourth-order valence-electron chi connectivity index (χ4n) is 2.49. The number of carbonyl (C=O) groups is 2. The van der Waals surface area contributed by atoms with E-state index in [0.29, 0.717) is 16.9 Å². The summed E-state index contributed by atoms with van der Waals surface area (Å²) in [4.78, 5) is 25.6. The summed E-state index contributed by atoms with van der Waals surface area (Å²) in [5.74, 6) is -1.23. The van der Waals surface area contributed by atoms with Crippen LogP contribution in [0, 0.1) is 18.7 Å². The molecule has 2 unspecified atom stereocenters. The summed E-state index contributed by atoms with van der Waals surface area (Å²) in [6.45, 7) is 5.57. The zero-order valence-electron chi connectivity index (χ0n) is 12.2. The lowest BCUT2D eigenvalue weighted by molar-refractivity contribution is -0.141. The predicted octanol–water partition coefficient (Wildman–Crippen LogP) is 2.76. The maximum absolute atomic E-state index is 13.2. The van der Waals surface area contributed by atoms with Crippen LogP contribution in [-0.4, -0.2) is 39.1 Å². The van der Waals surface area contributed by atoms with Gasteiger partial charge in [0.2, 0.25) is 0 Å². The Labute approximate surface area is 127 Å². The number of hydrogen-bond donors (Lipinski definition) is 1. The maximum atomic E-state index is 13.2. The molecule has 6 heteroatoms. The quantitative estimate of drug-likeness (QED) is 0.932. The van der Waals surface area contributed by atoms with Crippen molar-refractivity contribution in [2.45, 2.75) is 32.2 Å². The van der Waals surface area contributed by atoms with Gasteiger partial charge in [0.1, 0.15) is 11.9 Å². The summed E-state index contributed by atoms with van der Waals surface area (Å²) in [6.07, 6.45) is 0. The Morgan fingerprint density at radius 1 is 1.43 bits per heavy atom. The van der Waals surface area contributed by atoms with E-state index in [9.17, 15) is 19.1 Å². The predicted molar refractivity (Wildman–Crippen MR) is 79.8 cm³/mol. The van der Waals surface area contributed by atoms with Crippen LogP contribution >= 0.6 is 11.8 Å². The Morgan fingerprint density at radius 3 is 2.62 bits per heavy atom. The van der Waals surface area contributed by atoms with Gasteiger partial charge < -0.3 is 10.0 Å². The Morgan fingerprint density at radius 2 is 2.10 bits per heavy atom. The number of hydrogen-bond acceptors (Lipinski definition) is 3. The van der Waals surface area contributed by atoms with Crippen molar-refractivity contribution in [2.75, 3.05) is 5.75 Å². The Kier molecular flexibility index (Phi) is 4.56. The molecule has 4 nitrogen and oxygen atoms in total. The van der Waals surface area contributed by atoms with Crippen molar-refractivity contribution >= 4 is 23.6 Å². The van der Waals surface area contributed by atoms with Crippen molar-refractivity contribution in [3.05, 3.63) is 35.1 Å². The van der Waals surface area contributed by atoms with E-state index >= 15 is 0 Å². The van der Waals surface area contributed by atoms with Crippen LogP contribution in [0.3, 0.4) is 0 Å². The molecule has 21 heavy (non-hydrogen) atoms. The first kappa shape index (κ1) is 15.8. The lowest BCUT2D eigenvalue weighted by Gasteiger charge is -2.30. The number of amides is 1. The molecule has 1 heterocycles. The minimum atomic E-state index is -1.00. The van der Waals surface area contributed by atoms with E-state index < -0.39 is 17.8 Å². The van der Waals surface area contributed by atoms with Crippen LogP contribution in [0.5, 0.6) is 0 Å². The van der Waals surface area contributed by atoms with Crippen molar-refractivity contribution in [1.82, 2.24) is 4.90 Å². The highest BCUT2D eigenvalue weighted by Crippen LogP contribution is 2.35. The third-order valence-electron chi connectivity index (χ3n) is 3.54. The van der Waals surface area contributed by atoms with Crippen LogP contribution in [0.15, 0.2) is 18.2 Å². The molecular weight excluding hydrogens is 293 g/mol. The Balaban J connectivity index is 2.39. The van der Waals surface area contributed by atoms with Gasteiger partial charge in [-0.1, -0.05) is 13.8 Å². The Bertz CT molecular complexity index is 576. The van der Waals surface area contributed by atoms with Crippen LogP contribution in [0.2, 0.25) is 0 Å². The summed E-state index contributed by atoms with van der Waals surface area (Å²) in [5, 5.41) is 9.15. The molecule has 0 aromatic heterocycles. The van der Waals surface area contributed by atoms with E-state index in [2.05, 4.69) is 0 Å². The number of halogens is 1. The van der Waals surface area contributed by atoms with E-state index in [0.717, 1.165) is 0 Å². The molecule has 1 N–H and O–H groups in total. The standard InChI is InChI=1S/C15H18FNO3S/c1-8(2)14-17(12(7-21-14)15(19)20)13(18)11-5-4-10(16)6-9(11)3/h4-6,8,12,14H,7H2,1-3H3,(H,19,20). The van der Waals surface area contributed by atoms with E-state index in [4.69, 9.17) is 0 Å². The van der Waals surface area contributed by atoms with Crippen molar-refractivity contribution < 1.29 is 19.1 Å². The largest absolute Gasteiger partial charge is 0.480 e. The molecular formula is C15H18FNO3S. The second-order valence-electron chi connectivity index (χ2n) is 5.49. The minimum absolute atomic E-state index is 0.143. The van der Waals surface area contributed by atoms with Gasteiger partial charge in [0.15, 0.2) is 0 Å². The highest BCUT2D eigenvalue weighted by Gasteiger charge is 2.43. The van der Waals surface area contributed by atoms with Gasteiger partial charge in [0, 0.05) is 11.3 Å². The zero-order chi connectivity index (χ0) is 15.7. The summed E-state index contributed by atoms with van der Waals surface area (Å²) in [6, 6.07) is 3.10. The third kappa shape index (κ3) is 3.05. The number of rotatable bonds is 3. The second-order valence-corrected chi connectivity index (χ2v) is 6.64. The average molecular weight is 311 g/mol. The normalized spacial score (nSPS) is 21.9. The van der Waals surface area contributed by atoms with Gasteiger partial charge in [0.05, 0.1) is 5.37 Å². The smallest absolute Gasteiger partial charge is 0.327 e. The SMILES string of the molecule is Cc1cc(F)ccc1C(=O)N1C(C(=O)O)CSC1C(C)C. The average Bonchev–Trinajstić information content (AvgIpc) is 2.82. The lowest BCUT2D eigenvalue weighted by atomic mass is 10.0. The number of carboxylic acids is 1. The van der Waals surface area contributed by atoms with E-state index in [-0.39, 0.29) is 17.2 Å². The molecule has 0 bridgehead atoms. The molecule has 1 amide bonds. The second kappa shape index (κ2) is 6.05. The van der Waals surface area contributed by atoms with Gasteiger partial charge >= 0.3 is 5.97 Å². The number of carboxylic acid groups (broad SMARTS) is 1. The molecule has 2 atom stereocenters. The number of benzene rings is 1. The lowest BCUT2D eigenvalue weighted by Crippen LogP contribution is -2.47. The first-order valence-corrected chi connectivity index (χ1v) is 7.81. The van der Waals surface area contributed by atoms with E-state index in [1.54, 1.807) is 6.92 Å².